The van der Waals surface area contributed by atoms with Crippen molar-refractivity contribution in [1.82, 2.24) is 5.32 Å². The standard InChI is InChI=1S/C11H10F3N3O2/c12-11(13,14)19-9-3-1-8(2-4-9)17-7-10(18)16-6-5-15/h1-4,17H,6-7H2,(H,16,18). The van der Waals surface area contributed by atoms with Crippen LogP contribution in [-0.2, 0) is 4.79 Å². The number of alkyl halides is 3. The van der Waals surface area contributed by atoms with Crippen LogP contribution in [0.3, 0.4) is 0 Å². The summed E-state index contributed by atoms with van der Waals surface area (Å²) in [5.74, 6) is -0.732. The largest absolute Gasteiger partial charge is 0.573 e. The number of ether oxygens (including phenoxy) is 1. The molecule has 0 aliphatic carbocycles. The molecule has 0 spiro atoms. The number of benzene rings is 1. The first kappa shape index (κ1) is 14.6. The van der Waals surface area contributed by atoms with E-state index in [-0.39, 0.29) is 18.8 Å². The minimum Gasteiger partial charge on any atom is -0.406 e. The van der Waals surface area contributed by atoms with Crippen LogP contribution in [0.25, 0.3) is 0 Å². The summed E-state index contributed by atoms with van der Waals surface area (Å²) in [5, 5.41) is 13.2. The summed E-state index contributed by atoms with van der Waals surface area (Å²) in [4.78, 5) is 11.1. The monoisotopic (exact) mass is 273 g/mol. The van der Waals surface area contributed by atoms with E-state index in [9.17, 15) is 18.0 Å². The van der Waals surface area contributed by atoms with E-state index >= 15 is 0 Å². The number of hydrogen-bond acceptors (Lipinski definition) is 4. The van der Waals surface area contributed by atoms with Gasteiger partial charge in [-0.15, -0.1) is 13.2 Å². The molecule has 19 heavy (non-hydrogen) atoms. The molecule has 0 saturated carbocycles. The summed E-state index contributed by atoms with van der Waals surface area (Å²) >= 11 is 0. The summed E-state index contributed by atoms with van der Waals surface area (Å²) in [5.41, 5.74) is 0.460. The van der Waals surface area contributed by atoms with E-state index in [2.05, 4.69) is 15.4 Å². The maximum absolute atomic E-state index is 11.9. The van der Waals surface area contributed by atoms with Crippen LogP contribution in [0.4, 0.5) is 18.9 Å². The van der Waals surface area contributed by atoms with Crippen LogP contribution in [0, 0.1) is 11.3 Å². The molecule has 8 heteroatoms. The summed E-state index contributed by atoms with van der Waals surface area (Å²) < 4.78 is 39.4. The van der Waals surface area contributed by atoms with Crippen molar-refractivity contribution in [3.05, 3.63) is 24.3 Å². The van der Waals surface area contributed by atoms with Crippen molar-refractivity contribution in [2.24, 2.45) is 0 Å². The Morgan fingerprint density at radius 1 is 1.32 bits per heavy atom. The molecule has 0 atom stereocenters. The second-order valence-electron chi connectivity index (χ2n) is 3.36. The zero-order valence-corrected chi connectivity index (χ0v) is 9.62. The lowest BCUT2D eigenvalue weighted by molar-refractivity contribution is -0.274. The molecule has 1 aromatic rings. The second kappa shape index (κ2) is 6.49. The predicted octanol–water partition coefficient (Wildman–Crippen LogP) is 1.64. The maximum atomic E-state index is 11.9. The van der Waals surface area contributed by atoms with Gasteiger partial charge in [-0.05, 0) is 24.3 Å². The van der Waals surface area contributed by atoms with E-state index < -0.39 is 12.3 Å². The Labute approximate surface area is 107 Å². The molecular weight excluding hydrogens is 263 g/mol. The molecule has 102 valence electrons. The van der Waals surface area contributed by atoms with Gasteiger partial charge in [0.2, 0.25) is 5.91 Å². The highest BCUT2D eigenvalue weighted by Crippen LogP contribution is 2.23. The average molecular weight is 273 g/mol. The predicted molar refractivity (Wildman–Crippen MR) is 60.2 cm³/mol. The van der Waals surface area contributed by atoms with Gasteiger partial charge in [-0.3, -0.25) is 4.79 Å². The summed E-state index contributed by atoms with van der Waals surface area (Å²) in [6.45, 7) is -0.181. The lowest BCUT2D eigenvalue weighted by Gasteiger charge is -2.10. The van der Waals surface area contributed by atoms with E-state index in [4.69, 9.17) is 5.26 Å². The fourth-order valence-electron chi connectivity index (χ4n) is 1.16. The fourth-order valence-corrected chi connectivity index (χ4v) is 1.16. The van der Waals surface area contributed by atoms with Crippen molar-refractivity contribution >= 4 is 11.6 Å². The molecule has 2 N–H and O–H groups in total. The van der Waals surface area contributed by atoms with Crippen molar-refractivity contribution < 1.29 is 22.7 Å². The molecule has 0 radical (unpaired) electrons. The Hall–Kier alpha value is -2.43. The summed E-state index contributed by atoms with van der Waals surface area (Å²) in [6, 6.07) is 6.69. The number of nitrogens with one attached hydrogen (secondary N) is 2. The minimum atomic E-state index is -4.73. The van der Waals surface area contributed by atoms with Crippen molar-refractivity contribution in [2.75, 3.05) is 18.4 Å². The molecule has 0 aromatic heterocycles. The molecule has 0 fully saturated rings. The van der Waals surface area contributed by atoms with Gasteiger partial charge in [-0.1, -0.05) is 0 Å². The van der Waals surface area contributed by atoms with Crippen LogP contribution >= 0.6 is 0 Å². The number of carbonyl (C=O) groups is 1. The Balaban J connectivity index is 2.45. The van der Waals surface area contributed by atoms with Gasteiger partial charge >= 0.3 is 6.36 Å². The number of amides is 1. The number of rotatable bonds is 5. The smallest absolute Gasteiger partial charge is 0.406 e. The van der Waals surface area contributed by atoms with Crippen LogP contribution in [0.2, 0.25) is 0 Å². The van der Waals surface area contributed by atoms with Gasteiger partial charge in [-0.25, -0.2) is 0 Å². The van der Waals surface area contributed by atoms with Crippen molar-refractivity contribution in [2.45, 2.75) is 6.36 Å². The molecule has 1 amide bonds. The highest BCUT2D eigenvalue weighted by Gasteiger charge is 2.30. The van der Waals surface area contributed by atoms with Gasteiger partial charge in [0.15, 0.2) is 0 Å². The SMILES string of the molecule is N#CCNC(=O)CNc1ccc(OC(F)(F)F)cc1. The first-order valence-corrected chi connectivity index (χ1v) is 5.14. The zero-order valence-electron chi connectivity index (χ0n) is 9.62. The minimum absolute atomic E-state index is 0.0822. The van der Waals surface area contributed by atoms with Gasteiger partial charge in [0.05, 0.1) is 12.6 Å². The molecule has 0 bridgehead atoms. The van der Waals surface area contributed by atoms with Gasteiger partial charge in [0.1, 0.15) is 12.3 Å². The number of halogens is 3. The van der Waals surface area contributed by atoms with E-state index in [1.165, 1.54) is 12.1 Å². The van der Waals surface area contributed by atoms with Crippen LogP contribution in [-0.4, -0.2) is 25.4 Å². The van der Waals surface area contributed by atoms with E-state index in [0.717, 1.165) is 12.1 Å². The van der Waals surface area contributed by atoms with Crippen LogP contribution in [0.15, 0.2) is 24.3 Å². The summed E-state index contributed by atoms with van der Waals surface area (Å²) in [6.07, 6.45) is -4.73. The number of nitriles is 1. The third-order valence-corrected chi connectivity index (χ3v) is 1.91. The van der Waals surface area contributed by atoms with E-state index in [0.29, 0.717) is 5.69 Å². The first-order chi connectivity index (χ1) is 8.90. The molecule has 0 aliphatic rings. The van der Waals surface area contributed by atoms with Gasteiger partial charge in [0.25, 0.3) is 0 Å². The molecule has 1 aromatic carbocycles. The molecule has 0 saturated heterocycles. The van der Waals surface area contributed by atoms with Crippen molar-refractivity contribution in [3.63, 3.8) is 0 Å². The number of hydrogen-bond donors (Lipinski definition) is 2. The van der Waals surface area contributed by atoms with Gasteiger partial charge < -0.3 is 15.4 Å². The van der Waals surface area contributed by atoms with Crippen LogP contribution < -0.4 is 15.4 Å². The molecule has 5 nitrogen and oxygen atoms in total. The Morgan fingerprint density at radius 2 is 1.95 bits per heavy atom. The second-order valence-corrected chi connectivity index (χ2v) is 3.36. The zero-order chi connectivity index (χ0) is 14.3. The highest BCUT2D eigenvalue weighted by molar-refractivity contribution is 5.80. The fraction of sp³-hybridized carbons (Fsp3) is 0.273. The molecule has 0 aliphatic heterocycles. The van der Waals surface area contributed by atoms with E-state index in [1.54, 1.807) is 6.07 Å². The van der Waals surface area contributed by atoms with Gasteiger partial charge in [-0.2, -0.15) is 5.26 Å². The van der Waals surface area contributed by atoms with Crippen molar-refractivity contribution in [3.8, 4) is 11.8 Å². The Morgan fingerprint density at radius 3 is 2.47 bits per heavy atom. The molecule has 0 heterocycles. The Bertz CT molecular complexity index is 466. The number of anilines is 1. The van der Waals surface area contributed by atoms with Crippen LogP contribution in [0.1, 0.15) is 0 Å². The lowest BCUT2D eigenvalue weighted by atomic mass is 10.3. The number of nitrogens with zero attached hydrogens (tertiary/aromatic N) is 1. The molecule has 0 unspecified atom stereocenters. The highest BCUT2D eigenvalue weighted by atomic mass is 19.4. The van der Waals surface area contributed by atoms with Crippen molar-refractivity contribution in [1.29, 1.82) is 5.26 Å². The lowest BCUT2D eigenvalue weighted by Crippen LogP contribution is -2.29. The number of carbonyl (C=O) groups excluding carboxylic acids is 1. The van der Waals surface area contributed by atoms with Gasteiger partial charge in [0, 0.05) is 5.69 Å². The average Bonchev–Trinajstić information content (AvgIpc) is 2.33. The topological polar surface area (TPSA) is 74.2 Å². The molecular formula is C11H10F3N3O2. The quantitative estimate of drug-likeness (QED) is 0.800. The van der Waals surface area contributed by atoms with Crippen LogP contribution in [0.5, 0.6) is 5.75 Å². The normalized spacial score (nSPS) is 10.4. The third-order valence-electron chi connectivity index (χ3n) is 1.91. The molecule has 1 rings (SSSR count). The Kier molecular flexibility index (Phi) is 5.00. The summed E-state index contributed by atoms with van der Waals surface area (Å²) in [7, 11) is 0. The maximum Gasteiger partial charge on any atom is 0.573 e. The first-order valence-electron chi connectivity index (χ1n) is 5.14. The third kappa shape index (κ3) is 6.16. The van der Waals surface area contributed by atoms with E-state index in [1.807, 2.05) is 0 Å².